The molecular weight excluding hydrogens is 264 g/mol. The molecule has 0 saturated heterocycles. The van der Waals surface area contributed by atoms with E-state index < -0.39 is 11.6 Å². The van der Waals surface area contributed by atoms with Crippen molar-refractivity contribution in [2.45, 2.75) is 13.0 Å². The van der Waals surface area contributed by atoms with Crippen LogP contribution in [0.1, 0.15) is 22.3 Å². The van der Waals surface area contributed by atoms with Crippen molar-refractivity contribution in [3.05, 3.63) is 59.6 Å². The summed E-state index contributed by atoms with van der Waals surface area (Å²) in [6, 6.07) is 4.71. The predicted octanol–water partition coefficient (Wildman–Crippen LogP) is 3.26. The van der Waals surface area contributed by atoms with Gasteiger partial charge in [0.15, 0.2) is 5.78 Å². The lowest BCUT2D eigenvalue weighted by Crippen LogP contribution is -2.21. The van der Waals surface area contributed by atoms with E-state index in [9.17, 15) is 13.6 Å². The summed E-state index contributed by atoms with van der Waals surface area (Å²) >= 11 is 0. The van der Waals surface area contributed by atoms with Gasteiger partial charge in [-0.05, 0) is 25.2 Å². The Morgan fingerprint density at radius 1 is 1.25 bits per heavy atom. The molecule has 5 heteroatoms. The summed E-state index contributed by atoms with van der Waals surface area (Å²) < 4.78 is 31.0. The summed E-state index contributed by atoms with van der Waals surface area (Å²) in [7, 11) is 1.87. The average molecular weight is 279 g/mol. The van der Waals surface area contributed by atoms with Crippen molar-refractivity contribution in [1.82, 2.24) is 4.90 Å². The fourth-order valence-electron chi connectivity index (χ4n) is 1.92. The summed E-state index contributed by atoms with van der Waals surface area (Å²) in [5.41, 5.74) is 1.08. The second-order valence-corrected chi connectivity index (χ2v) is 4.70. The van der Waals surface area contributed by atoms with Crippen molar-refractivity contribution < 1.29 is 18.0 Å². The van der Waals surface area contributed by atoms with Crippen LogP contribution >= 0.6 is 0 Å². The normalized spacial score (nSPS) is 11.0. The van der Waals surface area contributed by atoms with E-state index in [-0.39, 0.29) is 17.8 Å². The summed E-state index contributed by atoms with van der Waals surface area (Å²) in [4.78, 5) is 13.8. The van der Waals surface area contributed by atoms with Gasteiger partial charge in [0.05, 0.1) is 12.5 Å². The zero-order chi connectivity index (χ0) is 14.5. The van der Waals surface area contributed by atoms with Gasteiger partial charge >= 0.3 is 0 Å². The van der Waals surface area contributed by atoms with Crippen molar-refractivity contribution >= 4 is 5.78 Å². The largest absolute Gasteiger partial charge is 0.472 e. The number of halogens is 2. The maximum absolute atomic E-state index is 13.0. The molecule has 3 nitrogen and oxygen atoms in total. The fraction of sp³-hybridized carbons (Fsp3) is 0.267. The van der Waals surface area contributed by atoms with Crippen LogP contribution in [-0.2, 0) is 6.54 Å². The Balaban J connectivity index is 1.88. The van der Waals surface area contributed by atoms with E-state index in [1.807, 2.05) is 18.0 Å². The van der Waals surface area contributed by atoms with Crippen molar-refractivity contribution in [3.8, 4) is 0 Å². The molecule has 0 saturated carbocycles. The molecule has 0 atom stereocenters. The number of Topliss-reactive ketones (excluding diaryl/α,β-unsaturated/α-hetero) is 1. The highest BCUT2D eigenvalue weighted by Crippen LogP contribution is 2.11. The summed E-state index contributed by atoms with van der Waals surface area (Å²) in [6.45, 7) is 1.16. The molecule has 0 amide bonds. The molecule has 2 rings (SSSR count). The van der Waals surface area contributed by atoms with Crippen molar-refractivity contribution in [3.63, 3.8) is 0 Å². The standard InChI is InChI=1S/C15H15F2NO2/c1-18(9-11-3-5-20-10-11)4-2-15(19)12-6-13(16)8-14(17)7-12/h3,5-8,10H,2,4,9H2,1H3. The second kappa shape index (κ2) is 6.43. The average Bonchev–Trinajstić information content (AvgIpc) is 2.87. The van der Waals surface area contributed by atoms with Crippen LogP contribution in [0.25, 0.3) is 0 Å². The van der Waals surface area contributed by atoms with Crippen molar-refractivity contribution in [1.29, 1.82) is 0 Å². The Kier molecular flexibility index (Phi) is 4.63. The molecule has 1 aromatic carbocycles. The number of ketones is 1. The molecule has 0 radical (unpaired) electrons. The minimum absolute atomic E-state index is 0.0687. The Morgan fingerprint density at radius 2 is 1.95 bits per heavy atom. The third-order valence-electron chi connectivity index (χ3n) is 2.94. The molecule has 0 fully saturated rings. The van der Waals surface area contributed by atoms with Gasteiger partial charge in [-0.25, -0.2) is 8.78 Å². The third-order valence-corrected chi connectivity index (χ3v) is 2.94. The van der Waals surface area contributed by atoms with E-state index in [1.165, 1.54) is 0 Å². The number of benzene rings is 1. The third kappa shape index (κ3) is 3.99. The van der Waals surface area contributed by atoms with Crippen LogP contribution in [0.2, 0.25) is 0 Å². The van der Waals surface area contributed by atoms with E-state index in [4.69, 9.17) is 4.42 Å². The zero-order valence-electron chi connectivity index (χ0n) is 11.1. The summed E-state index contributed by atoms with van der Waals surface area (Å²) in [5.74, 6) is -1.75. The lowest BCUT2D eigenvalue weighted by atomic mass is 10.1. The fourth-order valence-corrected chi connectivity index (χ4v) is 1.92. The van der Waals surface area contributed by atoms with Gasteiger partial charge in [0.2, 0.25) is 0 Å². The van der Waals surface area contributed by atoms with Gasteiger partial charge in [-0.15, -0.1) is 0 Å². The Hall–Kier alpha value is -2.01. The molecule has 0 spiro atoms. The first kappa shape index (κ1) is 14.4. The minimum atomic E-state index is -0.736. The van der Waals surface area contributed by atoms with Gasteiger partial charge < -0.3 is 9.32 Å². The monoisotopic (exact) mass is 279 g/mol. The number of carbonyl (C=O) groups excluding carboxylic acids is 1. The molecule has 20 heavy (non-hydrogen) atoms. The number of furan rings is 1. The van der Waals surface area contributed by atoms with Gasteiger partial charge in [-0.2, -0.15) is 0 Å². The molecule has 0 aliphatic heterocycles. The van der Waals surface area contributed by atoms with E-state index in [2.05, 4.69) is 0 Å². The zero-order valence-corrected chi connectivity index (χ0v) is 11.1. The lowest BCUT2D eigenvalue weighted by Gasteiger charge is -2.14. The van der Waals surface area contributed by atoms with Gasteiger partial charge in [0.25, 0.3) is 0 Å². The van der Waals surface area contributed by atoms with Crippen LogP contribution in [0.15, 0.2) is 41.2 Å². The highest BCUT2D eigenvalue weighted by Gasteiger charge is 2.11. The predicted molar refractivity (Wildman–Crippen MR) is 70.3 cm³/mol. The van der Waals surface area contributed by atoms with E-state index in [0.29, 0.717) is 13.1 Å². The van der Waals surface area contributed by atoms with Crippen LogP contribution < -0.4 is 0 Å². The first-order valence-electron chi connectivity index (χ1n) is 6.23. The number of rotatable bonds is 6. The molecule has 106 valence electrons. The molecule has 1 aromatic heterocycles. The second-order valence-electron chi connectivity index (χ2n) is 4.70. The highest BCUT2D eigenvalue weighted by molar-refractivity contribution is 5.96. The van der Waals surface area contributed by atoms with Gasteiger partial charge in [0, 0.05) is 36.7 Å². The molecular formula is C15H15F2NO2. The van der Waals surface area contributed by atoms with Crippen molar-refractivity contribution in [2.75, 3.05) is 13.6 Å². The number of hydrogen-bond donors (Lipinski definition) is 0. The summed E-state index contributed by atoms with van der Waals surface area (Å²) in [5, 5.41) is 0. The first-order chi connectivity index (χ1) is 9.54. The molecule has 0 aliphatic rings. The van der Waals surface area contributed by atoms with E-state index in [0.717, 1.165) is 23.8 Å². The molecule has 2 aromatic rings. The smallest absolute Gasteiger partial charge is 0.164 e. The number of nitrogens with zero attached hydrogens (tertiary/aromatic N) is 1. The first-order valence-corrected chi connectivity index (χ1v) is 6.23. The minimum Gasteiger partial charge on any atom is -0.472 e. The molecule has 0 N–H and O–H groups in total. The summed E-state index contributed by atoms with van der Waals surface area (Å²) in [6.07, 6.45) is 3.43. The SMILES string of the molecule is CN(CCC(=O)c1cc(F)cc(F)c1)Cc1ccoc1. The Labute approximate surface area is 115 Å². The maximum atomic E-state index is 13.0. The van der Waals surface area contributed by atoms with Crippen LogP contribution in [0.3, 0.4) is 0 Å². The molecule has 0 unspecified atom stereocenters. The topological polar surface area (TPSA) is 33.5 Å². The van der Waals surface area contributed by atoms with Crippen LogP contribution in [-0.4, -0.2) is 24.3 Å². The quantitative estimate of drug-likeness (QED) is 0.761. The van der Waals surface area contributed by atoms with Gasteiger partial charge in [-0.1, -0.05) is 0 Å². The number of hydrogen-bond acceptors (Lipinski definition) is 3. The maximum Gasteiger partial charge on any atom is 0.164 e. The van der Waals surface area contributed by atoms with Crippen molar-refractivity contribution in [2.24, 2.45) is 0 Å². The highest BCUT2D eigenvalue weighted by atomic mass is 19.1. The van der Waals surface area contributed by atoms with E-state index in [1.54, 1.807) is 12.5 Å². The van der Waals surface area contributed by atoms with Gasteiger partial charge in [0.1, 0.15) is 11.6 Å². The van der Waals surface area contributed by atoms with E-state index >= 15 is 0 Å². The molecule has 1 heterocycles. The lowest BCUT2D eigenvalue weighted by molar-refractivity contribution is 0.0967. The van der Waals surface area contributed by atoms with Crippen LogP contribution in [0.4, 0.5) is 8.78 Å². The van der Waals surface area contributed by atoms with Gasteiger partial charge in [-0.3, -0.25) is 4.79 Å². The molecule has 0 bridgehead atoms. The van der Waals surface area contributed by atoms with Crippen LogP contribution in [0.5, 0.6) is 0 Å². The Morgan fingerprint density at radius 3 is 2.55 bits per heavy atom. The number of carbonyl (C=O) groups is 1. The molecule has 0 aliphatic carbocycles. The Bertz CT molecular complexity index is 561. The van der Waals surface area contributed by atoms with Crippen LogP contribution in [0, 0.1) is 11.6 Å².